The van der Waals surface area contributed by atoms with Crippen LogP contribution < -0.4 is 4.74 Å². The minimum absolute atomic E-state index is 0.216. The van der Waals surface area contributed by atoms with E-state index in [-0.39, 0.29) is 5.82 Å². The van der Waals surface area contributed by atoms with Gasteiger partial charge < -0.3 is 9.64 Å². The number of ether oxygens (including phenoxy) is 1. The molecule has 0 spiro atoms. The highest BCUT2D eigenvalue weighted by molar-refractivity contribution is 5.70. The van der Waals surface area contributed by atoms with Gasteiger partial charge in [-0.3, -0.25) is 0 Å². The van der Waals surface area contributed by atoms with Gasteiger partial charge in [0.25, 0.3) is 0 Å². The maximum absolute atomic E-state index is 13.9. The molecule has 0 saturated heterocycles. The van der Waals surface area contributed by atoms with Gasteiger partial charge in [0, 0.05) is 12.6 Å². The number of hydrogen-bond acceptors (Lipinski definition) is 2. The van der Waals surface area contributed by atoms with Crippen molar-refractivity contribution in [3.8, 4) is 5.75 Å². The average molecular weight is 289 g/mol. The Hall–Kier alpha value is -1.35. The smallest absolute Gasteiger partial charge is 0.127 e. The lowest BCUT2D eigenvalue weighted by atomic mass is 9.76. The lowest BCUT2D eigenvalue weighted by molar-refractivity contribution is 0.289. The van der Waals surface area contributed by atoms with Crippen LogP contribution in [0.3, 0.4) is 0 Å². The molecule has 2 bridgehead atoms. The standard InChI is InChI=1S/C18H24FNO/c1-20(2)11-18-13-5-4-12(6-13)7-17(18)14-8-15(19)10-16(9-14)21-3/h7-10,12-13,18H,4-6,11H2,1-3H3/t12-,13-,18+/m1/s1. The maximum Gasteiger partial charge on any atom is 0.127 e. The number of nitrogens with zero attached hydrogens (tertiary/aromatic N) is 1. The number of rotatable bonds is 4. The van der Waals surface area contributed by atoms with Gasteiger partial charge in [-0.1, -0.05) is 6.08 Å². The van der Waals surface area contributed by atoms with Crippen molar-refractivity contribution in [1.29, 1.82) is 0 Å². The second-order valence-corrected chi connectivity index (χ2v) is 6.70. The highest BCUT2D eigenvalue weighted by Crippen LogP contribution is 2.48. The van der Waals surface area contributed by atoms with E-state index in [1.54, 1.807) is 13.2 Å². The molecule has 3 atom stereocenters. The maximum atomic E-state index is 13.9. The van der Waals surface area contributed by atoms with E-state index in [0.717, 1.165) is 18.0 Å². The Bertz CT molecular complexity index is 552. The minimum Gasteiger partial charge on any atom is -0.497 e. The molecule has 114 valence electrons. The summed E-state index contributed by atoms with van der Waals surface area (Å²) in [4.78, 5) is 2.24. The fourth-order valence-electron chi connectivity index (χ4n) is 4.00. The molecule has 0 heterocycles. The molecule has 2 aliphatic carbocycles. The summed E-state index contributed by atoms with van der Waals surface area (Å²) < 4.78 is 19.1. The molecule has 3 heteroatoms. The molecule has 0 radical (unpaired) electrons. The quantitative estimate of drug-likeness (QED) is 0.835. The van der Waals surface area contributed by atoms with Gasteiger partial charge in [0.05, 0.1) is 7.11 Å². The van der Waals surface area contributed by atoms with Crippen molar-refractivity contribution in [2.75, 3.05) is 27.7 Å². The van der Waals surface area contributed by atoms with Crippen molar-refractivity contribution in [2.45, 2.75) is 19.3 Å². The molecule has 1 aromatic carbocycles. The van der Waals surface area contributed by atoms with Crippen LogP contribution in [-0.4, -0.2) is 32.6 Å². The SMILES string of the molecule is COc1cc(F)cc(C2=C[C@@H]3CC[C@H](C3)[C@@H]2CN(C)C)c1. The number of halogens is 1. The van der Waals surface area contributed by atoms with Crippen LogP contribution in [0.15, 0.2) is 24.3 Å². The number of fused-ring (bicyclic) bond motifs is 2. The van der Waals surface area contributed by atoms with E-state index in [4.69, 9.17) is 4.74 Å². The van der Waals surface area contributed by atoms with E-state index in [1.807, 2.05) is 6.07 Å². The van der Waals surface area contributed by atoms with Crippen LogP contribution in [0.5, 0.6) is 5.75 Å². The molecular formula is C18H24FNO. The summed E-state index contributed by atoms with van der Waals surface area (Å²) >= 11 is 0. The fraction of sp³-hybridized carbons (Fsp3) is 0.556. The van der Waals surface area contributed by atoms with Crippen LogP contribution in [0.2, 0.25) is 0 Å². The highest BCUT2D eigenvalue weighted by Gasteiger charge is 2.37. The van der Waals surface area contributed by atoms with Gasteiger partial charge in [0.1, 0.15) is 11.6 Å². The average Bonchev–Trinajstić information content (AvgIpc) is 2.83. The Morgan fingerprint density at radius 3 is 2.76 bits per heavy atom. The second kappa shape index (κ2) is 5.80. The van der Waals surface area contributed by atoms with Crippen LogP contribution in [0, 0.1) is 23.6 Å². The number of methoxy groups -OCH3 is 1. The molecule has 2 nitrogen and oxygen atoms in total. The molecule has 1 saturated carbocycles. The van der Waals surface area contributed by atoms with Crippen molar-refractivity contribution in [3.63, 3.8) is 0 Å². The Morgan fingerprint density at radius 1 is 1.24 bits per heavy atom. The van der Waals surface area contributed by atoms with Gasteiger partial charge in [-0.25, -0.2) is 4.39 Å². The molecular weight excluding hydrogens is 265 g/mol. The molecule has 0 unspecified atom stereocenters. The van der Waals surface area contributed by atoms with E-state index in [2.05, 4.69) is 25.1 Å². The van der Waals surface area contributed by atoms with E-state index in [0.29, 0.717) is 17.6 Å². The fourth-order valence-corrected chi connectivity index (χ4v) is 4.00. The molecule has 3 rings (SSSR count). The highest BCUT2D eigenvalue weighted by atomic mass is 19.1. The topological polar surface area (TPSA) is 12.5 Å². The third-order valence-electron chi connectivity index (χ3n) is 4.90. The zero-order chi connectivity index (χ0) is 15.0. The van der Waals surface area contributed by atoms with Gasteiger partial charge >= 0.3 is 0 Å². The summed E-state index contributed by atoms with van der Waals surface area (Å²) in [6.07, 6.45) is 6.28. The Morgan fingerprint density at radius 2 is 2.05 bits per heavy atom. The van der Waals surface area contributed by atoms with Crippen molar-refractivity contribution in [2.24, 2.45) is 17.8 Å². The molecule has 1 aromatic rings. The summed E-state index contributed by atoms with van der Waals surface area (Å²) in [5.74, 6) is 2.31. The molecule has 0 amide bonds. The first-order chi connectivity index (χ1) is 10.1. The van der Waals surface area contributed by atoms with Crippen LogP contribution in [0.1, 0.15) is 24.8 Å². The predicted molar refractivity (Wildman–Crippen MR) is 83.8 cm³/mol. The van der Waals surface area contributed by atoms with Crippen molar-refractivity contribution < 1.29 is 9.13 Å². The third-order valence-corrected chi connectivity index (χ3v) is 4.90. The van der Waals surface area contributed by atoms with Crippen molar-refractivity contribution in [3.05, 3.63) is 35.7 Å². The van der Waals surface area contributed by atoms with E-state index < -0.39 is 0 Å². The lowest BCUT2D eigenvalue weighted by Crippen LogP contribution is -2.29. The summed E-state index contributed by atoms with van der Waals surface area (Å²) in [6, 6.07) is 5.08. The lowest BCUT2D eigenvalue weighted by Gasteiger charge is -2.32. The molecule has 0 aliphatic heterocycles. The van der Waals surface area contributed by atoms with Gasteiger partial charge in [-0.2, -0.15) is 0 Å². The normalized spacial score (nSPS) is 27.9. The van der Waals surface area contributed by atoms with E-state index in [1.165, 1.54) is 30.9 Å². The van der Waals surface area contributed by atoms with Crippen LogP contribution in [0.4, 0.5) is 4.39 Å². The first kappa shape index (κ1) is 14.6. The Labute approximate surface area is 126 Å². The zero-order valence-corrected chi connectivity index (χ0v) is 13.1. The molecule has 2 aliphatic rings. The molecule has 1 fully saturated rings. The first-order valence-electron chi connectivity index (χ1n) is 7.78. The summed E-state index contributed by atoms with van der Waals surface area (Å²) in [6.45, 7) is 1.03. The predicted octanol–water partition coefficient (Wildman–Crippen LogP) is 3.83. The summed E-state index contributed by atoms with van der Waals surface area (Å²) in [7, 11) is 5.82. The first-order valence-corrected chi connectivity index (χ1v) is 7.78. The Kier molecular flexibility index (Phi) is 4.03. The van der Waals surface area contributed by atoms with Crippen LogP contribution in [-0.2, 0) is 0 Å². The third kappa shape index (κ3) is 2.98. The van der Waals surface area contributed by atoms with E-state index in [9.17, 15) is 4.39 Å². The van der Waals surface area contributed by atoms with Gasteiger partial charge in [0.2, 0.25) is 0 Å². The van der Waals surface area contributed by atoms with Gasteiger partial charge in [-0.05, 0) is 74.4 Å². The Balaban J connectivity index is 1.99. The summed E-state index contributed by atoms with van der Waals surface area (Å²) in [5, 5.41) is 0. The summed E-state index contributed by atoms with van der Waals surface area (Å²) in [5.41, 5.74) is 2.32. The number of allylic oxidation sites excluding steroid dienone is 1. The van der Waals surface area contributed by atoms with Crippen molar-refractivity contribution >= 4 is 5.57 Å². The largest absolute Gasteiger partial charge is 0.497 e. The monoisotopic (exact) mass is 289 g/mol. The van der Waals surface area contributed by atoms with E-state index >= 15 is 0 Å². The molecule has 0 N–H and O–H groups in total. The second-order valence-electron chi connectivity index (χ2n) is 6.70. The van der Waals surface area contributed by atoms with Crippen molar-refractivity contribution in [1.82, 2.24) is 4.90 Å². The zero-order valence-electron chi connectivity index (χ0n) is 13.1. The number of hydrogen-bond donors (Lipinski definition) is 0. The molecule has 0 aromatic heterocycles. The minimum atomic E-state index is -0.216. The van der Waals surface area contributed by atoms with Gasteiger partial charge in [-0.15, -0.1) is 0 Å². The molecule has 21 heavy (non-hydrogen) atoms. The van der Waals surface area contributed by atoms with Gasteiger partial charge in [0.15, 0.2) is 0 Å². The van der Waals surface area contributed by atoms with Crippen LogP contribution in [0.25, 0.3) is 5.57 Å². The van der Waals surface area contributed by atoms with Crippen LogP contribution >= 0.6 is 0 Å². The number of benzene rings is 1.